The highest BCUT2D eigenvalue weighted by atomic mass is 14.1. The van der Waals surface area contributed by atoms with Gasteiger partial charge >= 0.3 is 0 Å². The molecule has 0 aliphatic carbocycles. The van der Waals surface area contributed by atoms with Gasteiger partial charge in [0.05, 0.1) is 0 Å². The standard InChI is InChI=1S/C30H61/c1-5-7-9-11-13-14-15-16-17-18-20-22-26-30(4)28-24-23-27-29(3)25-21-19-12-10-8-6-2/h29-30H,4-28H2,1-3H3. The molecule has 0 aliphatic heterocycles. The predicted molar refractivity (Wildman–Crippen MR) is 140 cm³/mol. The number of rotatable bonds is 25. The predicted octanol–water partition coefficient (Wildman–Crippen LogP) is 11.5. The average molecular weight is 422 g/mol. The minimum Gasteiger partial charge on any atom is -0.0654 e. The Labute approximate surface area is 193 Å². The van der Waals surface area contributed by atoms with Crippen molar-refractivity contribution in [2.75, 3.05) is 0 Å². The van der Waals surface area contributed by atoms with Gasteiger partial charge in [-0.2, -0.15) is 0 Å². The molecule has 0 spiro atoms. The lowest BCUT2D eigenvalue weighted by atomic mass is 9.93. The van der Waals surface area contributed by atoms with E-state index in [-0.39, 0.29) is 0 Å². The smallest absolute Gasteiger partial charge is 0.0414 e. The van der Waals surface area contributed by atoms with Gasteiger partial charge in [-0.15, -0.1) is 0 Å². The van der Waals surface area contributed by atoms with E-state index < -0.39 is 0 Å². The molecule has 2 atom stereocenters. The molecule has 181 valence electrons. The third-order valence-corrected chi connectivity index (χ3v) is 7.08. The van der Waals surface area contributed by atoms with Gasteiger partial charge in [-0.1, -0.05) is 182 Å². The minimum absolute atomic E-state index is 0.710. The van der Waals surface area contributed by atoms with Crippen LogP contribution in [-0.2, 0) is 0 Å². The second-order valence-electron chi connectivity index (χ2n) is 10.5. The topological polar surface area (TPSA) is 0 Å². The normalized spacial score (nSPS) is 13.6. The summed E-state index contributed by atoms with van der Waals surface area (Å²) in [7, 11) is 0. The Morgan fingerprint density at radius 3 is 1.07 bits per heavy atom. The molecule has 30 heavy (non-hydrogen) atoms. The maximum Gasteiger partial charge on any atom is -0.0414 e. The third kappa shape index (κ3) is 24.3. The Kier molecular flexibility index (Phi) is 25.3. The molecule has 2 unspecified atom stereocenters. The summed E-state index contributed by atoms with van der Waals surface area (Å²) in [6, 6.07) is 0. The van der Waals surface area contributed by atoms with E-state index in [0.717, 1.165) is 5.92 Å². The van der Waals surface area contributed by atoms with Crippen LogP contribution in [0.5, 0.6) is 0 Å². The van der Waals surface area contributed by atoms with Crippen LogP contribution < -0.4 is 0 Å². The van der Waals surface area contributed by atoms with E-state index in [9.17, 15) is 0 Å². The fourth-order valence-corrected chi connectivity index (χ4v) is 4.76. The van der Waals surface area contributed by atoms with Crippen molar-refractivity contribution in [1.82, 2.24) is 0 Å². The molecule has 0 bridgehead atoms. The van der Waals surface area contributed by atoms with E-state index in [1.54, 1.807) is 0 Å². The Morgan fingerprint density at radius 2 is 0.667 bits per heavy atom. The fraction of sp³-hybridized carbons (Fsp3) is 0.967. The summed E-state index contributed by atoms with van der Waals surface area (Å²) in [6.45, 7) is 11.5. The van der Waals surface area contributed by atoms with Crippen molar-refractivity contribution in [2.24, 2.45) is 11.8 Å². The van der Waals surface area contributed by atoms with Gasteiger partial charge in [0.15, 0.2) is 0 Å². The first-order valence-corrected chi connectivity index (χ1v) is 14.5. The van der Waals surface area contributed by atoms with Gasteiger partial charge in [0.25, 0.3) is 0 Å². The van der Waals surface area contributed by atoms with Gasteiger partial charge in [-0.25, -0.2) is 0 Å². The maximum absolute atomic E-state index is 4.43. The fourth-order valence-electron chi connectivity index (χ4n) is 4.76. The summed E-state index contributed by atoms with van der Waals surface area (Å²) >= 11 is 0. The molecular weight excluding hydrogens is 360 g/mol. The molecule has 0 amide bonds. The van der Waals surface area contributed by atoms with E-state index in [0.29, 0.717) is 5.92 Å². The molecular formula is C30H61. The monoisotopic (exact) mass is 421 g/mol. The van der Waals surface area contributed by atoms with Crippen LogP contribution in [0.25, 0.3) is 0 Å². The zero-order chi connectivity index (χ0) is 22.1. The number of hydrogen-bond donors (Lipinski definition) is 0. The van der Waals surface area contributed by atoms with Gasteiger partial charge < -0.3 is 0 Å². The molecule has 0 aromatic rings. The molecule has 1 radical (unpaired) electrons. The molecule has 0 saturated heterocycles. The zero-order valence-corrected chi connectivity index (χ0v) is 21.8. The minimum atomic E-state index is 0.710. The van der Waals surface area contributed by atoms with Gasteiger partial charge in [-0.3, -0.25) is 0 Å². The lowest BCUT2D eigenvalue weighted by Gasteiger charge is -2.13. The van der Waals surface area contributed by atoms with E-state index in [1.807, 2.05) is 0 Å². The Bertz CT molecular complexity index is 294. The van der Waals surface area contributed by atoms with Crippen LogP contribution in [0.3, 0.4) is 0 Å². The summed E-state index contributed by atoms with van der Waals surface area (Å²) in [5.41, 5.74) is 0. The molecule has 0 heteroatoms. The van der Waals surface area contributed by atoms with E-state index in [2.05, 4.69) is 27.7 Å². The number of hydrogen-bond acceptors (Lipinski definition) is 0. The summed E-state index contributed by atoms with van der Waals surface area (Å²) in [6.07, 6.45) is 34.5. The lowest BCUT2D eigenvalue weighted by molar-refractivity contribution is 0.414. The largest absolute Gasteiger partial charge is 0.0654 e. The molecule has 0 N–H and O–H groups in total. The molecule has 0 fully saturated rings. The number of unbranched alkanes of at least 4 members (excludes halogenated alkanes) is 17. The maximum atomic E-state index is 4.43. The van der Waals surface area contributed by atoms with Crippen molar-refractivity contribution in [2.45, 2.75) is 175 Å². The molecule has 0 saturated carbocycles. The molecule has 0 aliphatic rings. The highest BCUT2D eigenvalue weighted by Crippen LogP contribution is 2.21. The van der Waals surface area contributed by atoms with Gasteiger partial charge in [0, 0.05) is 0 Å². The molecule has 0 nitrogen and oxygen atoms in total. The van der Waals surface area contributed by atoms with Crippen LogP contribution in [0.2, 0.25) is 0 Å². The van der Waals surface area contributed by atoms with Crippen molar-refractivity contribution < 1.29 is 0 Å². The highest BCUT2D eigenvalue weighted by Gasteiger charge is 2.05. The molecule has 0 heterocycles. The zero-order valence-electron chi connectivity index (χ0n) is 21.8. The van der Waals surface area contributed by atoms with Crippen molar-refractivity contribution in [3.63, 3.8) is 0 Å². The average Bonchev–Trinajstić information content (AvgIpc) is 2.74. The van der Waals surface area contributed by atoms with Gasteiger partial charge in [0.1, 0.15) is 0 Å². The highest BCUT2D eigenvalue weighted by molar-refractivity contribution is 4.63. The van der Waals surface area contributed by atoms with Gasteiger partial charge in [-0.05, 0) is 11.8 Å². The van der Waals surface area contributed by atoms with Crippen molar-refractivity contribution in [1.29, 1.82) is 0 Å². The first-order valence-electron chi connectivity index (χ1n) is 14.5. The lowest BCUT2D eigenvalue weighted by Crippen LogP contribution is -1.98. The summed E-state index contributed by atoms with van der Waals surface area (Å²) in [4.78, 5) is 0. The van der Waals surface area contributed by atoms with Crippen LogP contribution >= 0.6 is 0 Å². The van der Waals surface area contributed by atoms with Crippen molar-refractivity contribution in [3.05, 3.63) is 6.92 Å². The van der Waals surface area contributed by atoms with E-state index >= 15 is 0 Å². The second kappa shape index (κ2) is 25.3. The van der Waals surface area contributed by atoms with Crippen LogP contribution in [-0.4, -0.2) is 0 Å². The Hall–Kier alpha value is 0. The summed E-state index contributed by atoms with van der Waals surface area (Å²) in [5, 5.41) is 0. The molecule has 0 aromatic heterocycles. The van der Waals surface area contributed by atoms with Crippen molar-refractivity contribution in [3.8, 4) is 0 Å². The first-order chi connectivity index (χ1) is 14.7. The van der Waals surface area contributed by atoms with Crippen molar-refractivity contribution >= 4 is 0 Å². The van der Waals surface area contributed by atoms with Crippen LogP contribution in [0.4, 0.5) is 0 Å². The summed E-state index contributed by atoms with van der Waals surface area (Å²) in [5.74, 6) is 1.65. The summed E-state index contributed by atoms with van der Waals surface area (Å²) < 4.78 is 0. The second-order valence-corrected chi connectivity index (χ2v) is 10.5. The van der Waals surface area contributed by atoms with Gasteiger partial charge in [0.2, 0.25) is 0 Å². The van der Waals surface area contributed by atoms with Crippen LogP contribution in [0, 0.1) is 18.8 Å². The third-order valence-electron chi connectivity index (χ3n) is 7.08. The quantitative estimate of drug-likeness (QED) is 0.128. The van der Waals surface area contributed by atoms with E-state index in [1.165, 1.54) is 154 Å². The van der Waals surface area contributed by atoms with Crippen LogP contribution in [0.15, 0.2) is 0 Å². The van der Waals surface area contributed by atoms with Crippen LogP contribution in [0.1, 0.15) is 175 Å². The van der Waals surface area contributed by atoms with E-state index in [4.69, 9.17) is 0 Å². The first kappa shape index (κ1) is 30.0. The Balaban J connectivity index is 3.25. The SMILES string of the molecule is [CH2]C(CCCCCCCCCCCCCC)CCCCC(C)CCCCCCCC. The molecule has 0 rings (SSSR count). The Morgan fingerprint density at radius 1 is 0.400 bits per heavy atom. The molecule has 0 aromatic carbocycles.